The van der Waals surface area contributed by atoms with Crippen molar-refractivity contribution >= 4 is 29.2 Å². The maximum absolute atomic E-state index is 12.8. The lowest BCUT2D eigenvalue weighted by Crippen LogP contribution is -2.13. The standard InChI is InChI=1S/C7H4Cl2FNO3.C5H13N/c8-3-1-4(9)7(11-6(3)10)14-2-5(12)13;1-3-4-5(2)6/h1H,2H2,(H,12,13);5H,3-4,6H2,1-2H3. The average molecular weight is 327 g/mol. The molecule has 1 rings (SSSR count). The largest absolute Gasteiger partial charge is 0.479 e. The number of hydrogen-bond acceptors (Lipinski definition) is 4. The van der Waals surface area contributed by atoms with Gasteiger partial charge in [0.05, 0.1) is 5.02 Å². The lowest BCUT2D eigenvalue weighted by Gasteiger charge is -2.04. The number of rotatable bonds is 5. The molecule has 1 atom stereocenters. The Labute approximate surface area is 126 Å². The van der Waals surface area contributed by atoms with Crippen LogP contribution in [0.1, 0.15) is 26.7 Å². The molecule has 0 saturated heterocycles. The topological polar surface area (TPSA) is 85.4 Å². The quantitative estimate of drug-likeness (QED) is 0.812. The summed E-state index contributed by atoms with van der Waals surface area (Å²) in [7, 11) is 0. The number of carboxylic acid groups (broad SMARTS) is 1. The molecule has 0 amide bonds. The highest BCUT2D eigenvalue weighted by molar-refractivity contribution is 6.35. The summed E-state index contributed by atoms with van der Waals surface area (Å²) in [5.74, 6) is -2.47. The summed E-state index contributed by atoms with van der Waals surface area (Å²) < 4.78 is 17.3. The highest BCUT2D eigenvalue weighted by Gasteiger charge is 2.11. The van der Waals surface area contributed by atoms with E-state index < -0.39 is 18.5 Å². The molecule has 0 aliphatic rings. The van der Waals surface area contributed by atoms with Gasteiger partial charge in [-0.1, -0.05) is 36.5 Å². The van der Waals surface area contributed by atoms with Crippen LogP contribution in [0.5, 0.6) is 5.88 Å². The number of carbonyl (C=O) groups is 1. The molecular weight excluding hydrogens is 310 g/mol. The molecule has 5 nitrogen and oxygen atoms in total. The van der Waals surface area contributed by atoms with Crippen LogP contribution in [0.15, 0.2) is 6.07 Å². The SMILES string of the molecule is CCCC(C)N.O=C(O)COc1nc(F)c(Cl)cc1Cl. The van der Waals surface area contributed by atoms with Crippen LogP contribution >= 0.6 is 23.2 Å². The number of hydrogen-bond donors (Lipinski definition) is 2. The lowest BCUT2D eigenvalue weighted by molar-refractivity contribution is -0.139. The van der Waals surface area contributed by atoms with Crippen molar-refractivity contribution in [3.8, 4) is 5.88 Å². The van der Waals surface area contributed by atoms with Gasteiger partial charge in [0, 0.05) is 6.04 Å². The summed E-state index contributed by atoms with van der Waals surface area (Å²) in [6, 6.07) is 1.48. The summed E-state index contributed by atoms with van der Waals surface area (Å²) in [5.41, 5.74) is 5.40. The first-order valence-electron chi connectivity index (χ1n) is 5.89. The fourth-order valence-electron chi connectivity index (χ4n) is 1.12. The monoisotopic (exact) mass is 326 g/mol. The average Bonchev–Trinajstić information content (AvgIpc) is 2.32. The minimum atomic E-state index is -1.21. The Morgan fingerprint density at radius 1 is 1.55 bits per heavy atom. The predicted octanol–water partition coefficient (Wildman–Crippen LogP) is 3.12. The third-order valence-electron chi connectivity index (χ3n) is 1.93. The molecule has 0 radical (unpaired) electrons. The molecule has 0 fully saturated rings. The molecule has 0 aliphatic carbocycles. The molecule has 1 aromatic rings. The van der Waals surface area contributed by atoms with Crippen molar-refractivity contribution in [3.05, 3.63) is 22.1 Å². The zero-order valence-electron chi connectivity index (χ0n) is 11.2. The molecule has 114 valence electrons. The van der Waals surface area contributed by atoms with Crippen LogP contribution in [0.25, 0.3) is 0 Å². The second-order valence-corrected chi connectivity index (χ2v) is 4.81. The van der Waals surface area contributed by atoms with E-state index in [1.807, 2.05) is 6.92 Å². The molecule has 0 bridgehead atoms. The molecule has 0 aliphatic heterocycles. The van der Waals surface area contributed by atoms with Crippen LogP contribution in [0.4, 0.5) is 4.39 Å². The van der Waals surface area contributed by atoms with Gasteiger partial charge in [0.1, 0.15) is 5.02 Å². The highest BCUT2D eigenvalue weighted by atomic mass is 35.5. The van der Waals surface area contributed by atoms with Gasteiger partial charge >= 0.3 is 5.97 Å². The molecule has 0 spiro atoms. The Hall–Kier alpha value is -1.11. The molecule has 1 unspecified atom stereocenters. The van der Waals surface area contributed by atoms with E-state index in [0.717, 1.165) is 12.5 Å². The van der Waals surface area contributed by atoms with Crippen LogP contribution in [0.2, 0.25) is 10.0 Å². The van der Waals surface area contributed by atoms with E-state index in [0.29, 0.717) is 6.04 Å². The van der Waals surface area contributed by atoms with Gasteiger partial charge in [0.2, 0.25) is 11.8 Å². The van der Waals surface area contributed by atoms with Crippen molar-refractivity contribution in [2.45, 2.75) is 32.7 Å². The first kappa shape index (κ1) is 18.9. The number of halogens is 3. The van der Waals surface area contributed by atoms with E-state index >= 15 is 0 Å². The number of pyridine rings is 1. The number of ether oxygens (including phenoxy) is 1. The van der Waals surface area contributed by atoms with Gasteiger partial charge in [-0.15, -0.1) is 0 Å². The first-order chi connectivity index (χ1) is 9.27. The second-order valence-electron chi connectivity index (χ2n) is 4.00. The number of carboxylic acids is 1. The van der Waals surface area contributed by atoms with E-state index in [1.54, 1.807) is 0 Å². The van der Waals surface area contributed by atoms with E-state index in [-0.39, 0.29) is 15.9 Å². The Kier molecular flexibility index (Phi) is 9.20. The van der Waals surface area contributed by atoms with Crippen LogP contribution in [-0.4, -0.2) is 28.7 Å². The van der Waals surface area contributed by atoms with Gasteiger partial charge in [0.15, 0.2) is 6.61 Å². The number of aliphatic carboxylic acids is 1. The van der Waals surface area contributed by atoms with Gasteiger partial charge in [0.25, 0.3) is 0 Å². The fourth-order valence-corrected chi connectivity index (χ4v) is 1.53. The summed E-state index contributed by atoms with van der Waals surface area (Å²) in [4.78, 5) is 13.3. The number of nitrogens with zero attached hydrogens (tertiary/aromatic N) is 1. The van der Waals surface area contributed by atoms with Crippen LogP contribution in [-0.2, 0) is 4.79 Å². The minimum absolute atomic E-state index is 0.0438. The van der Waals surface area contributed by atoms with Crippen molar-refractivity contribution in [3.63, 3.8) is 0 Å². The third-order valence-corrected chi connectivity index (χ3v) is 2.47. The second kappa shape index (κ2) is 9.74. The Morgan fingerprint density at radius 3 is 2.55 bits per heavy atom. The van der Waals surface area contributed by atoms with Crippen molar-refractivity contribution in [2.75, 3.05) is 6.61 Å². The van der Waals surface area contributed by atoms with E-state index in [4.69, 9.17) is 34.0 Å². The highest BCUT2D eigenvalue weighted by Crippen LogP contribution is 2.26. The molecule has 1 aromatic heterocycles. The fraction of sp³-hybridized carbons (Fsp3) is 0.500. The molecule has 0 aromatic carbocycles. The van der Waals surface area contributed by atoms with Crippen molar-refractivity contribution in [1.29, 1.82) is 0 Å². The van der Waals surface area contributed by atoms with Crippen molar-refractivity contribution < 1.29 is 19.0 Å². The maximum atomic E-state index is 12.8. The summed E-state index contributed by atoms with van der Waals surface area (Å²) in [6.45, 7) is 3.53. The van der Waals surface area contributed by atoms with Gasteiger partial charge in [-0.2, -0.15) is 9.37 Å². The smallest absolute Gasteiger partial charge is 0.341 e. The Balaban J connectivity index is 0.000000511. The molecule has 20 heavy (non-hydrogen) atoms. The number of aromatic nitrogens is 1. The first-order valence-corrected chi connectivity index (χ1v) is 6.65. The Bertz CT molecular complexity index is 445. The zero-order chi connectivity index (χ0) is 15.7. The number of nitrogens with two attached hydrogens (primary N) is 1. The van der Waals surface area contributed by atoms with Crippen LogP contribution in [0.3, 0.4) is 0 Å². The van der Waals surface area contributed by atoms with E-state index in [1.165, 1.54) is 6.42 Å². The van der Waals surface area contributed by atoms with Gasteiger partial charge in [-0.05, 0) is 19.4 Å². The van der Waals surface area contributed by atoms with Gasteiger partial charge in [-0.3, -0.25) is 0 Å². The van der Waals surface area contributed by atoms with Gasteiger partial charge in [-0.25, -0.2) is 4.79 Å². The predicted molar refractivity (Wildman–Crippen MR) is 75.9 cm³/mol. The van der Waals surface area contributed by atoms with Crippen molar-refractivity contribution in [1.82, 2.24) is 4.98 Å². The summed E-state index contributed by atoms with van der Waals surface area (Å²) in [6.07, 6.45) is 2.36. The molecule has 0 saturated carbocycles. The van der Waals surface area contributed by atoms with Crippen molar-refractivity contribution in [2.24, 2.45) is 5.73 Å². The van der Waals surface area contributed by atoms with Gasteiger partial charge < -0.3 is 15.6 Å². The maximum Gasteiger partial charge on any atom is 0.341 e. The molecule has 8 heteroatoms. The summed E-state index contributed by atoms with van der Waals surface area (Å²) >= 11 is 10.9. The molecular formula is C12H17Cl2FN2O3. The van der Waals surface area contributed by atoms with Crippen LogP contribution < -0.4 is 10.5 Å². The third kappa shape index (κ3) is 8.14. The molecule has 3 N–H and O–H groups in total. The lowest BCUT2D eigenvalue weighted by atomic mass is 10.2. The normalized spacial score (nSPS) is 11.3. The van der Waals surface area contributed by atoms with E-state index in [2.05, 4.69) is 16.6 Å². The van der Waals surface area contributed by atoms with E-state index in [9.17, 15) is 9.18 Å². The summed E-state index contributed by atoms with van der Waals surface area (Å²) in [5, 5.41) is 7.98. The molecule has 1 heterocycles. The zero-order valence-corrected chi connectivity index (χ0v) is 12.7. The minimum Gasteiger partial charge on any atom is -0.479 e. The van der Waals surface area contributed by atoms with Crippen LogP contribution in [0, 0.1) is 5.95 Å². The Morgan fingerprint density at radius 2 is 2.15 bits per heavy atom.